The summed E-state index contributed by atoms with van der Waals surface area (Å²) in [6.45, 7) is 6.18. The molecule has 0 aliphatic carbocycles. The van der Waals surface area contributed by atoms with Crippen molar-refractivity contribution in [2.24, 2.45) is 0 Å². The summed E-state index contributed by atoms with van der Waals surface area (Å²) >= 11 is 1.74. The largest absolute Gasteiger partial charge is 0.342 e. The maximum Gasteiger partial charge on any atom is 0.232 e. The standard InChI is InChI=1S/C17H25NOS/c1-14-9-15(2)11-16(10-14)12-20-13-17(19)18-7-5-3-4-6-8-18/h9-11H,3-8,12-13H2,1-2H3. The van der Waals surface area contributed by atoms with E-state index in [4.69, 9.17) is 0 Å². The summed E-state index contributed by atoms with van der Waals surface area (Å²) in [5.41, 5.74) is 3.94. The minimum absolute atomic E-state index is 0.321. The minimum atomic E-state index is 0.321. The molecule has 0 N–H and O–H groups in total. The van der Waals surface area contributed by atoms with Gasteiger partial charge in [-0.15, -0.1) is 11.8 Å². The third kappa shape index (κ3) is 4.86. The molecule has 1 saturated heterocycles. The first-order valence-corrected chi connectivity index (χ1v) is 8.73. The van der Waals surface area contributed by atoms with Crippen molar-refractivity contribution in [3.63, 3.8) is 0 Å². The number of carbonyl (C=O) groups is 1. The third-order valence-electron chi connectivity index (χ3n) is 3.73. The number of nitrogens with zero attached hydrogens (tertiary/aromatic N) is 1. The number of likely N-dealkylation sites (tertiary alicyclic amines) is 1. The maximum absolute atomic E-state index is 12.2. The number of hydrogen-bond donors (Lipinski definition) is 0. The average molecular weight is 291 g/mol. The van der Waals surface area contributed by atoms with Crippen molar-refractivity contribution in [2.45, 2.75) is 45.3 Å². The molecule has 0 aromatic heterocycles. The van der Waals surface area contributed by atoms with Gasteiger partial charge in [0.2, 0.25) is 5.91 Å². The lowest BCUT2D eigenvalue weighted by Crippen LogP contribution is -2.33. The van der Waals surface area contributed by atoms with Crippen LogP contribution in [-0.4, -0.2) is 29.6 Å². The SMILES string of the molecule is Cc1cc(C)cc(CSCC(=O)N2CCCCCC2)c1. The van der Waals surface area contributed by atoms with E-state index in [-0.39, 0.29) is 0 Å². The van der Waals surface area contributed by atoms with E-state index in [2.05, 4.69) is 36.9 Å². The fraction of sp³-hybridized carbons (Fsp3) is 0.588. The second kappa shape index (κ2) is 7.72. The molecule has 20 heavy (non-hydrogen) atoms. The smallest absolute Gasteiger partial charge is 0.232 e. The highest BCUT2D eigenvalue weighted by atomic mass is 32.2. The summed E-state index contributed by atoms with van der Waals surface area (Å²) in [7, 11) is 0. The zero-order valence-corrected chi connectivity index (χ0v) is 13.5. The van der Waals surface area contributed by atoms with Gasteiger partial charge in [-0.2, -0.15) is 0 Å². The van der Waals surface area contributed by atoms with Crippen LogP contribution in [0.3, 0.4) is 0 Å². The third-order valence-corrected chi connectivity index (χ3v) is 4.72. The second-order valence-corrected chi connectivity index (χ2v) is 6.77. The molecule has 2 rings (SSSR count). The summed E-state index contributed by atoms with van der Waals surface area (Å²) in [5, 5.41) is 0. The van der Waals surface area contributed by atoms with Gasteiger partial charge in [-0.25, -0.2) is 0 Å². The van der Waals surface area contributed by atoms with Gasteiger partial charge in [-0.1, -0.05) is 42.2 Å². The van der Waals surface area contributed by atoms with Crippen LogP contribution in [-0.2, 0) is 10.5 Å². The Hall–Kier alpha value is -0.960. The van der Waals surface area contributed by atoms with Gasteiger partial charge < -0.3 is 4.90 Å². The molecule has 0 atom stereocenters. The van der Waals surface area contributed by atoms with Crippen molar-refractivity contribution in [2.75, 3.05) is 18.8 Å². The molecule has 0 saturated carbocycles. The van der Waals surface area contributed by atoms with Crippen molar-refractivity contribution < 1.29 is 4.79 Å². The molecule has 3 heteroatoms. The summed E-state index contributed by atoms with van der Waals surface area (Å²) in [5.74, 6) is 1.87. The first kappa shape index (κ1) is 15.4. The molecule has 1 heterocycles. The first-order valence-electron chi connectivity index (χ1n) is 7.58. The Morgan fingerprint density at radius 2 is 1.65 bits per heavy atom. The molecule has 1 fully saturated rings. The Kier molecular flexibility index (Phi) is 5.96. The Bertz CT molecular complexity index is 430. The zero-order valence-electron chi connectivity index (χ0n) is 12.7. The molecule has 1 aromatic carbocycles. The van der Waals surface area contributed by atoms with E-state index in [0.29, 0.717) is 11.7 Å². The van der Waals surface area contributed by atoms with Crippen molar-refractivity contribution in [1.82, 2.24) is 4.90 Å². The van der Waals surface area contributed by atoms with E-state index in [9.17, 15) is 4.79 Å². The fourth-order valence-electron chi connectivity index (χ4n) is 2.82. The lowest BCUT2D eigenvalue weighted by molar-refractivity contribution is -0.128. The Morgan fingerprint density at radius 3 is 2.25 bits per heavy atom. The molecule has 0 unspecified atom stereocenters. The monoisotopic (exact) mass is 291 g/mol. The molecule has 2 nitrogen and oxygen atoms in total. The maximum atomic E-state index is 12.2. The molecule has 0 radical (unpaired) electrons. The number of hydrogen-bond acceptors (Lipinski definition) is 2. The molecule has 1 aliphatic heterocycles. The van der Waals surface area contributed by atoms with E-state index >= 15 is 0 Å². The van der Waals surface area contributed by atoms with Gasteiger partial charge in [-0.05, 0) is 32.3 Å². The highest BCUT2D eigenvalue weighted by Gasteiger charge is 2.15. The van der Waals surface area contributed by atoms with Crippen LogP contribution in [0.1, 0.15) is 42.4 Å². The normalized spacial score (nSPS) is 16.0. The molecular weight excluding hydrogens is 266 g/mol. The van der Waals surface area contributed by atoms with Crippen LogP contribution in [0.2, 0.25) is 0 Å². The summed E-state index contributed by atoms with van der Waals surface area (Å²) in [4.78, 5) is 14.2. The zero-order chi connectivity index (χ0) is 14.4. The van der Waals surface area contributed by atoms with Crippen LogP contribution in [0.4, 0.5) is 0 Å². The lowest BCUT2D eigenvalue weighted by atomic mass is 10.1. The fourth-order valence-corrected chi connectivity index (χ4v) is 3.68. The van der Waals surface area contributed by atoms with Gasteiger partial charge in [0.1, 0.15) is 0 Å². The summed E-state index contributed by atoms with van der Waals surface area (Å²) in [6, 6.07) is 6.63. The van der Waals surface area contributed by atoms with E-state index in [1.807, 2.05) is 0 Å². The number of carbonyl (C=O) groups excluding carboxylic acids is 1. The highest BCUT2D eigenvalue weighted by molar-refractivity contribution is 7.99. The topological polar surface area (TPSA) is 20.3 Å². The molecule has 0 spiro atoms. The van der Waals surface area contributed by atoms with Gasteiger partial charge >= 0.3 is 0 Å². The van der Waals surface area contributed by atoms with E-state index in [0.717, 1.165) is 18.8 Å². The number of amides is 1. The van der Waals surface area contributed by atoms with Crippen LogP contribution >= 0.6 is 11.8 Å². The van der Waals surface area contributed by atoms with Gasteiger partial charge in [0.05, 0.1) is 5.75 Å². The Balaban J connectivity index is 1.78. The number of thioether (sulfide) groups is 1. The van der Waals surface area contributed by atoms with Crippen molar-refractivity contribution in [3.8, 4) is 0 Å². The Morgan fingerprint density at radius 1 is 1.05 bits per heavy atom. The van der Waals surface area contributed by atoms with Crippen LogP contribution in [0.25, 0.3) is 0 Å². The van der Waals surface area contributed by atoms with Crippen LogP contribution in [0.5, 0.6) is 0 Å². The molecular formula is C17H25NOS. The highest BCUT2D eigenvalue weighted by Crippen LogP contribution is 2.17. The molecule has 1 amide bonds. The quantitative estimate of drug-likeness (QED) is 0.837. The molecule has 1 aliphatic rings. The first-order chi connectivity index (χ1) is 9.65. The average Bonchev–Trinajstić information content (AvgIpc) is 2.66. The van der Waals surface area contributed by atoms with Crippen LogP contribution < -0.4 is 0 Å². The van der Waals surface area contributed by atoms with Gasteiger partial charge in [0.15, 0.2) is 0 Å². The predicted molar refractivity (Wildman–Crippen MR) is 87.1 cm³/mol. The molecule has 0 bridgehead atoms. The number of aryl methyl sites for hydroxylation is 2. The van der Waals surface area contributed by atoms with Crippen molar-refractivity contribution in [1.29, 1.82) is 0 Å². The molecule has 110 valence electrons. The molecule has 1 aromatic rings. The summed E-state index contributed by atoms with van der Waals surface area (Å²) in [6.07, 6.45) is 4.90. The van der Waals surface area contributed by atoms with Gasteiger partial charge in [0.25, 0.3) is 0 Å². The van der Waals surface area contributed by atoms with E-state index in [1.54, 1.807) is 11.8 Å². The van der Waals surface area contributed by atoms with Crippen LogP contribution in [0, 0.1) is 13.8 Å². The van der Waals surface area contributed by atoms with Gasteiger partial charge in [0, 0.05) is 18.8 Å². The van der Waals surface area contributed by atoms with Gasteiger partial charge in [-0.3, -0.25) is 4.79 Å². The predicted octanol–water partition coefficient (Wildman–Crippen LogP) is 3.94. The number of benzene rings is 1. The minimum Gasteiger partial charge on any atom is -0.342 e. The van der Waals surface area contributed by atoms with Crippen molar-refractivity contribution >= 4 is 17.7 Å². The van der Waals surface area contributed by atoms with E-state index < -0.39 is 0 Å². The van der Waals surface area contributed by atoms with Crippen molar-refractivity contribution in [3.05, 3.63) is 34.9 Å². The lowest BCUT2D eigenvalue weighted by Gasteiger charge is -2.20. The van der Waals surface area contributed by atoms with Crippen LogP contribution in [0.15, 0.2) is 18.2 Å². The van der Waals surface area contributed by atoms with E-state index in [1.165, 1.54) is 42.4 Å². The Labute approximate surface area is 126 Å². The second-order valence-electron chi connectivity index (χ2n) is 5.78. The summed E-state index contributed by atoms with van der Waals surface area (Å²) < 4.78 is 0. The number of rotatable bonds is 4.